The lowest BCUT2D eigenvalue weighted by Crippen LogP contribution is -2.28. The number of halogens is 4. The molecule has 0 radical (unpaired) electrons. The molecule has 1 atom stereocenters. The van der Waals surface area contributed by atoms with Crippen molar-refractivity contribution in [1.29, 1.82) is 0 Å². The minimum absolute atomic E-state index is 0.0889. The molecule has 0 bridgehead atoms. The SMILES string of the molecule is C1CCNC1.O=C(c1cn2cc(-c3cn[nH]c3)cc(C(F)(F)F)c2n1)N1CCC(c2ccccc2F)C1. The Kier molecular flexibility index (Phi) is 6.96. The van der Waals surface area contributed by atoms with E-state index in [1.165, 1.54) is 66.1 Å². The summed E-state index contributed by atoms with van der Waals surface area (Å²) in [5, 5.41) is 9.57. The fourth-order valence-corrected chi connectivity index (χ4v) is 4.77. The van der Waals surface area contributed by atoms with Gasteiger partial charge in [-0.3, -0.25) is 9.89 Å². The van der Waals surface area contributed by atoms with E-state index < -0.39 is 17.6 Å². The lowest BCUT2D eigenvalue weighted by Gasteiger charge is -2.15. The first kappa shape index (κ1) is 24.9. The summed E-state index contributed by atoms with van der Waals surface area (Å²) in [5.41, 5.74) is -0.0863. The van der Waals surface area contributed by atoms with Crippen LogP contribution in [-0.2, 0) is 6.18 Å². The van der Waals surface area contributed by atoms with Crippen LogP contribution in [0.3, 0.4) is 0 Å². The molecule has 6 rings (SSSR count). The molecule has 1 amide bonds. The molecule has 0 saturated carbocycles. The van der Waals surface area contributed by atoms with Gasteiger partial charge in [0.15, 0.2) is 0 Å². The smallest absolute Gasteiger partial charge is 0.337 e. The highest BCUT2D eigenvalue weighted by Gasteiger charge is 2.36. The van der Waals surface area contributed by atoms with Crippen LogP contribution >= 0.6 is 0 Å². The number of nitrogens with zero attached hydrogens (tertiary/aromatic N) is 4. The molecule has 2 N–H and O–H groups in total. The van der Waals surface area contributed by atoms with Crippen LogP contribution in [0.1, 0.15) is 46.8 Å². The number of aromatic amines is 1. The lowest BCUT2D eigenvalue weighted by atomic mass is 9.98. The number of carbonyl (C=O) groups excluding carboxylic acids is 1. The number of likely N-dealkylation sites (tertiary alicyclic amines) is 1. The summed E-state index contributed by atoms with van der Waals surface area (Å²) in [4.78, 5) is 18.5. The topological polar surface area (TPSA) is 78.3 Å². The number of benzene rings is 1. The van der Waals surface area contributed by atoms with E-state index in [1.807, 2.05) is 0 Å². The molecule has 4 aromatic rings. The third kappa shape index (κ3) is 5.36. The largest absolute Gasteiger partial charge is 0.420 e. The van der Waals surface area contributed by atoms with Crippen LogP contribution in [-0.4, -0.2) is 56.6 Å². The minimum Gasteiger partial charge on any atom is -0.337 e. The van der Waals surface area contributed by atoms with Gasteiger partial charge < -0.3 is 14.6 Å². The Balaban J connectivity index is 0.000000503. The van der Waals surface area contributed by atoms with E-state index in [0.717, 1.165) is 6.07 Å². The second kappa shape index (κ2) is 10.3. The Morgan fingerprint density at radius 1 is 1.08 bits per heavy atom. The van der Waals surface area contributed by atoms with Gasteiger partial charge >= 0.3 is 6.18 Å². The first-order chi connectivity index (χ1) is 17.8. The van der Waals surface area contributed by atoms with Crippen LogP contribution in [0.2, 0.25) is 0 Å². The van der Waals surface area contributed by atoms with Crippen molar-refractivity contribution >= 4 is 11.6 Å². The van der Waals surface area contributed by atoms with Gasteiger partial charge in [-0.05, 0) is 50.0 Å². The van der Waals surface area contributed by atoms with E-state index in [-0.39, 0.29) is 35.2 Å². The second-order valence-corrected chi connectivity index (χ2v) is 9.20. The molecule has 37 heavy (non-hydrogen) atoms. The standard InChI is InChI=1S/C22H17F4N5O.C4H9N/c23-18-4-2-1-3-16(18)13-5-6-30(10-13)21(32)19-12-31-11-14(15-8-27-28-9-15)7-17(20(31)29-19)22(24,25)26;1-2-4-5-3-1/h1-4,7-9,11-13H,5-6,10H2,(H,27,28);5H,1-4H2. The predicted molar refractivity (Wildman–Crippen MR) is 130 cm³/mol. The van der Waals surface area contributed by atoms with Crippen LogP contribution in [0, 0.1) is 5.82 Å². The third-order valence-corrected chi connectivity index (χ3v) is 6.68. The van der Waals surface area contributed by atoms with Crippen LogP contribution < -0.4 is 5.32 Å². The summed E-state index contributed by atoms with van der Waals surface area (Å²) in [5.74, 6) is -0.984. The Labute approximate surface area is 210 Å². The molecule has 0 aliphatic carbocycles. The maximum atomic E-state index is 14.1. The van der Waals surface area contributed by atoms with Gasteiger partial charge in [-0.2, -0.15) is 18.3 Å². The van der Waals surface area contributed by atoms with Gasteiger partial charge in [0.2, 0.25) is 0 Å². The number of aromatic nitrogens is 4. The maximum Gasteiger partial charge on any atom is 0.420 e. The zero-order chi connectivity index (χ0) is 26.0. The normalized spacial score (nSPS) is 17.7. The minimum atomic E-state index is -4.66. The number of rotatable bonds is 3. The summed E-state index contributed by atoms with van der Waals surface area (Å²) in [6.45, 7) is 3.15. The van der Waals surface area contributed by atoms with E-state index in [2.05, 4.69) is 20.5 Å². The number of hydrogen-bond donors (Lipinski definition) is 2. The summed E-state index contributed by atoms with van der Waals surface area (Å²) in [6.07, 6.45) is 4.36. The summed E-state index contributed by atoms with van der Waals surface area (Å²) >= 11 is 0. The number of nitrogens with one attached hydrogen (secondary N) is 2. The molecule has 2 fully saturated rings. The van der Waals surface area contributed by atoms with Crippen LogP contribution in [0.5, 0.6) is 0 Å². The van der Waals surface area contributed by atoms with E-state index in [9.17, 15) is 22.4 Å². The second-order valence-electron chi connectivity index (χ2n) is 9.20. The van der Waals surface area contributed by atoms with E-state index in [4.69, 9.17) is 0 Å². The molecule has 2 aliphatic rings. The van der Waals surface area contributed by atoms with Crippen LogP contribution in [0.4, 0.5) is 17.6 Å². The number of hydrogen-bond acceptors (Lipinski definition) is 4. The van der Waals surface area contributed by atoms with Crippen molar-refractivity contribution in [3.8, 4) is 11.1 Å². The molecular formula is C26H26F4N6O. The van der Waals surface area contributed by atoms with Gasteiger partial charge in [0.25, 0.3) is 5.91 Å². The quantitative estimate of drug-likeness (QED) is 0.382. The van der Waals surface area contributed by atoms with Crippen molar-refractivity contribution in [2.75, 3.05) is 26.2 Å². The highest BCUT2D eigenvalue weighted by atomic mass is 19.4. The highest BCUT2D eigenvalue weighted by Crippen LogP contribution is 2.36. The van der Waals surface area contributed by atoms with Crippen molar-refractivity contribution in [1.82, 2.24) is 29.8 Å². The third-order valence-electron chi connectivity index (χ3n) is 6.68. The maximum absolute atomic E-state index is 14.1. The zero-order valence-electron chi connectivity index (χ0n) is 19.9. The molecule has 5 heterocycles. The van der Waals surface area contributed by atoms with Gasteiger partial charge in [0, 0.05) is 48.7 Å². The Morgan fingerprint density at radius 2 is 1.86 bits per heavy atom. The average Bonchev–Trinajstić information content (AvgIpc) is 3.70. The lowest BCUT2D eigenvalue weighted by molar-refractivity contribution is -0.136. The fourth-order valence-electron chi connectivity index (χ4n) is 4.77. The summed E-state index contributed by atoms with van der Waals surface area (Å²) in [6, 6.07) is 7.39. The average molecular weight is 515 g/mol. The van der Waals surface area contributed by atoms with E-state index >= 15 is 0 Å². The molecule has 194 valence electrons. The molecule has 0 spiro atoms. The molecule has 1 aromatic carbocycles. The molecule has 3 aromatic heterocycles. The first-order valence-corrected chi connectivity index (χ1v) is 12.1. The number of H-pyrrole nitrogens is 1. The fraction of sp³-hybridized carbons (Fsp3) is 0.346. The number of alkyl halides is 3. The molecule has 2 aliphatic heterocycles. The van der Waals surface area contributed by atoms with Gasteiger partial charge in [-0.1, -0.05) is 18.2 Å². The Hall–Kier alpha value is -3.73. The molecular weight excluding hydrogens is 488 g/mol. The summed E-state index contributed by atoms with van der Waals surface area (Å²) in [7, 11) is 0. The van der Waals surface area contributed by atoms with Crippen LogP contribution in [0.15, 0.2) is 55.1 Å². The molecule has 1 unspecified atom stereocenters. The molecule has 2 saturated heterocycles. The summed E-state index contributed by atoms with van der Waals surface area (Å²) < 4.78 is 56.5. The van der Waals surface area contributed by atoms with Gasteiger partial charge in [0.1, 0.15) is 17.2 Å². The number of amides is 1. The van der Waals surface area contributed by atoms with Crippen molar-refractivity contribution < 1.29 is 22.4 Å². The predicted octanol–water partition coefficient (Wildman–Crippen LogP) is 4.88. The van der Waals surface area contributed by atoms with Crippen molar-refractivity contribution in [2.45, 2.75) is 31.4 Å². The monoisotopic (exact) mass is 514 g/mol. The molecule has 7 nitrogen and oxygen atoms in total. The number of fused-ring (bicyclic) bond motifs is 1. The van der Waals surface area contributed by atoms with Crippen molar-refractivity contribution in [3.63, 3.8) is 0 Å². The molecule has 11 heteroatoms. The van der Waals surface area contributed by atoms with Gasteiger partial charge in [0.05, 0.1) is 11.8 Å². The van der Waals surface area contributed by atoms with Crippen LogP contribution in [0.25, 0.3) is 16.8 Å². The van der Waals surface area contributed by atoms with Gasteiger partial charge in [-0.25, -0.2) is 9.37 Å². The van der Waals surface area contributed by atoms with E-state index in [1.54, 1.807) is 18.2 Å². The number of carbonyl (C=O) groups is 1. The first-order valence-electron chi connectivity index (χ1n) is 12.1. The van der Waals surface area contributed by atoms with Crippen molar-refractivity contribution in [2.24, 2.45) is 0 Å². The van der Waals surface area contributed by atoms with E-state index in [0.29, 0.717) is 24.1 Å². The Morgan fingerprint density at radius 3 is 2.51 bits per heavy atom. The number of pyridine rings is 1. The van der Waals surface area contributed by atoms with Crippen molar-refractivity contribution in [3.05, 3.63) is 77.8 Å². The Bertz CT molecular complexity index is 1370. The zero-order valence-corrected chi connectivity index (χ0v) is 19.9. The number of imidazole rings is 1. The highest BCUT2D eigenvalue weighted by molar-refractivity contribution is 5.93. The van der Waals surface area contributed by atoms with Gasteiger partial charge in [-0.15, -0.1) is 0 Å².